The van der Waals surface area contributed by atoms with Crippen LogP contribution in [-0.4, -0.2) is 30.6 Å². The third-order valence-electron chi connectivity index (χ3n) is 2.61. The summed E-state index contributed by atoms with van der Waals surface area (Å²) in [7, 11) is 0. The molecule has 0 N–H and O–H groups in total. The van der Waals surface area contributed by atoms with Crippen molar-refractivity contribution in [3.63, 3.8) is 0 Å². The molecule has 0 aliphatic carbocycles. The fraction of sp³-hybridized carbons (Fsp3) is 0.500. The van der Waals surface area contributed by atoms with Gasteiger partial charge in [0.15, 0.2) is 5.78 Å². The number of hydrogen-bond donors (Lipinski definition) is 0. The summed E-state index contributed by atoms with van der Waals surface area (Å²) in [5.74, 6) is 1.15. The maximum Gasteiger partial charge on any atom is 0.178 e. The Hall–Kier alpha value is -1.42. The van der Waals surface area contributed by atoms with Crippen molar-refractivity contribution in [2.75, 3.05) is 19.8 Å². The predicted octanol–water partition coefficient (Wildman–Crippen LogP) is 1.70. The Balaban J connectivity index is 1.87. The molecular formula is C12H15NO3. The minimum absolute atomic E-state index is 0.0317. The van der Waals surface area contributed by atoms with Gasteiger partial charge in [-0.05, 0) is 18.6 Å². The molecule has 1 unspecified atom stereocenters. The summed E-state index contributed by atoms with van der Waals surface area (Å²) in [6, 6.07) is 3.46. The van der Waals surface area contributed by atoms with Crippen molar-refractivity contribution in [2.45, 2.75) is 13.3 Å². The molecular weight excluding hydrogens is 206 g/mol. The predicted molar refractivity (Wildman–Crippen MR) is 58.7 cm³/mol. The maximum atomic E-state index is 11.0. The van der Waals surface area contributed by atoms with E-state index >= 15 is 0 Å². The van der Waals surface area contributed by atoms with Crippen LogP contribution in [0.15, 0.2) is 18.3 Å². The van der Waals surface area contributed by atoms with Gasteiger partial charge in [-0.1, -0.05) is 0 Å². The number of carbonyl (C=O) groups excluding carboxylic acids is 1. The second-order valence-corrected chi connectivity index (χ2v) is 3.98. The molecule has 1 aliphatic heterocycles. The van der Waals surface area contributed by atoms with Crippen LogP contribution in [-0.2, 0) is 4.74 Å². The van der Waals surface area contributed by atoms with Gasteiger partial charge in [0.2, 0.25) is 0 Å². The van der Waals surface area contributed by atoms with E-state index in [4.69, 9.17) is 9.47 Å². The molecule has 2 heterocycles. The number of ether oxygens (including phenoxy) is 2. The summed E-state index contributed by atoms with van der Waals surface area (Å²) in [5.41, 5.74) is 0.469. The number of rotatable bonds is 4. The molecule has 4 heteroatoms. The lowest BCUT2D eigenvalue weighted by atomic mass is 10.1. The number of Topliss-reactive ketones (excluding diaryl/α,β-unsaturated/α-hetero) is 1. The van der Waals surface area contributed by atoms with Gasteiger partial charge in [0.05, 0.1) is 19.4 Å². The molecule has 1 fully saturated rings. The first-order chi connectivity index (χ1) is 7.75. The Morgan fingerprint density at radius 3 is 3.06 bits per heavy atom. The maximum absolute atomic E-state index is 11.0. The number of hydrogen-bond acceptors (Lipinski definition) is 4. The van der Waals surface area contributed by atoms with Crippen LogP contribution in [0.25, 0.3) is 0 Å². The molecule has 1 aliphatic rings. The highest BCUT2D eigenvalue weighted by Crippen LogP contribution is 2.15. The summed E-state index contributed by atoms with van der Waals surface area (Å²) in [5, 5.41) is 0. The minimum atomic E-state index is -0.0317. The summed E-state index contributed by atoms with van der Waals surface area (Å²) >= 11 is 0. The zero-order valence-electron chi connectivity index (χ0n) is 9.31. The molecule has 86 valence electrons. The standard InChI is InChI=1S/C12H15NO3/c1-9(14)12-3-2-11(6-13-12)16-8-10-4-5-15-7-10/h2-3,6,10H,4-5,7-8H2,1H3. The number of ketones is 1. The van der Waals surface area contributed by atoms with E-state index in [-0.39, 0.29) is 5.78 Å². The number of pyridine rings is 1. The molecule has 0 bridgehead atoms. The first kappa shape index (κ1) is 11.1. The Labute approximate surface area is 94.6 Å². The third kappa shape index (κ3) is 2.79. The van der Waals surface area contributed by atoms with Gasteiger partial charge in [0, 0.05) is 19.4 Å². The smallest absolute Gasteiger partial charge is 0.178 e. The average molecular weight is 221 g/mol. The lowest BCUT2D eigenvalue weighted by Crippen LogP contribution is -2.11. The number of aromatic nitrogens is 1. The first-order valence-electron chi connectivity index (χ1n) is 5.43. The van der Waals surface area contributed by atoms with Gasteiger partial charge in [-0.3, -0.25) is 4.79 Å². The van der Waals surface area contributed by atoms with E-state index in [0.717, 1.165) is 19.6 Å². The van der Waals surface area contributed by atoms with Crippen LogP contribution in [0, 0.1) is 5.92 Å². The quantitative estimate of drug-likeness (QED) is 0.726. The van der Waals surface area contributed by atoms with E-state index in [0.29, 0.717) is 24.0 Å². The Kier molecular flexibility index (Phi) is 3.51. The SMILES string of the molecule is CC(=O)c1ccc(OCC2CCOC2)cn1. The molecule has 0 saturated carbocycles. The third-order valence-corrected chi connectivity index (χ3v) is 2.61. The van der Waals surface area contributed by atoms with Crippen molar-refractivity contribution in [1.29, 1.82) is 0 Å². The zero-order chi connectivity index (χ0) is 11.4. The van der Waals surface area contributed by atoms with Gasteiger partial charge in [-0.15, -0.1) is 0 Å². The van der Waals surface area contributed by atoms with E-state index in [2.05, 4.69) is 4.98 Å². The highest BCUT2D eigenvalue weighted by molar-refractivity contribution is 5.92. The van der Waals surface area contributed by atoms with Crippen molar-refractivity contribution >= 4 is 5.78 Å². The van der Waals surface area contributed by atoms with Gasteiger partial charge >= 0.3 is 0 Å². The fourth-order valence-electron chi connectivity index (χ4n) is 1.60. The summed E-state index contributed by atoms with van der Waals surface area (Å²) in [6.45, 7) is 3.76. The first-order valence-corrected chi connectivity index (χ1v) is 5.43. The molecule has 16 heavy (non-hydrogen) atoms. The monoisotopic (exact) mass is 221 g/mol. The molecule has 1 saturated heterocycles. The van der Waals surface area contributed by atoms with E-state index in [1.54, 1.807) is 18.3 Å². The summed E-state index contributed by atoms with van der Waals surface area (Å²) < 4.78 is 10.8. The molecule has 0 aromatic carbocycles. The highest BCUT2D eigenvalue weighted by atomic mass is 16.5. The van der Waals surface area contributed by atoms with Gasteiger partial charge in [-0.2, -0.15) is 0 Å². The van der Waals surface area contributed by atoms with E-state index in [1.807, 2.05) is 0 Å². The van der Waals surface area contributed by atoms with Crippen molar-refractivity contribution in [1.82, 2.24) is 4.98 Å². The minimum Gasteiger partial charge on any atom is -0.492 e. The Bertz CT molecular complexity index is 355. The highest BCUT2D eigenvalue weighted by Gasteiger charge is 2.16. The van der Waals surface area contributed by atoms with Crippen molar-refractivity contribution in [3.8, 4) is 5.75 Å². The molecule has 0 radical (unpaired) electrons. The van der Waals surface area contributed by atoms with Crippen LogP contribution in [0.3, 0.4) is 0 Å². The van der Waals surface area contributed by atoms with Gasteiger partial charge in [0.1, 0.15) is 11.4 Å². The van der Waals surface area contributed by atoms with E-state index in [9.17, 15) is 4.79 Å². The van der Waals surface area contributed by atoms with Crippen LogP contribution >= 0.6 is 0 Å². The summed E-state index contributed by atoms with van der Waals surface area (Å²) in [6.07, 6.45) is 2.64. The van der Waals surface area contributed by atoms with Crippen molar-refractivity contribution < 1.29 is 14.3 Å². The second kappa shape index (κ2) is 5.07. The summed E-state index contributed by atoms with van der Waals surface area (Å²) in [4.78, 5) is 15.0. The zero-order valence-corrected chi connectivity index (χ0v) is 9.31. The molecule has 1 aromatic rings. The average Bonchev–Trinajstić information content (AvgIpc) is 2.80. The van der Waals surface area contributed by atoms with Crippen molar-refractivity contribution in [2.24, 2.45) is 5.92 Å². The van der Waals surface area contributed by atoms with E-state index < -0.39 is 0 Å². The lowest BCUT2D eigenvalue weighted by Gasteiger charge is -2.09. The van der Waals surface area contributed by atoms with Crippen molar-refractivity contribution in [3.05, 3.63) is 24.0 Å². The molecule has 4 nitrogen and oxygen atoms in total. The number of carbonyl (C=O) groups is 1. The normalized spacial score (nSPS) is 19.7. The van der Waals surface area contributed by atoms with Crippen LogP contribution in [0.2, 0.25) is 0 Å². The molecule has 0 amide bonds. The topological polar surface area (TPSA) is 48.4 Å². The van der Waals surface area contributed by atoms with Crippen LogP contribution in [0.4, 0.5) is 0 Å². The fourth-order valence-corrected chi connectivity index (χ4v) is 1.60. The molecule has 1 atom stereocenters. The molecule has 0 spiro atoms. The van der Waals surface area contributed by atoms with Crippen LogP contribution in [0.5, 0.6) is 5.75 Å². The lowest BCUT2D eigenvalue weighted by molar-refractivity contribution is 0.101. The van der Waals surface area contributed by atoms with Gasteiger partial charge in [0.25, 0.3) is 0 Å². The Morgan fingerprint density at radius 1 is 1.62 bits per heavy atom. The van der Waals surface area contributed by atoms with Crippen LogP contribution in [0.1, 0.15) is 23.8 Å². The van der Waals surface area contributed by atoms with Crippen LogP contribution < -0.4 is 4.74 Å². The molecule has 1 aromatic heterocycles. The van der Waals surface area contributed by atoms with Gasteiger partial charge < -0.3 is 9.47 Å². The Morgan fingerprint density at radius 2 is 2.50 bits per heavy atom. The largest absolute Gasteiger partial charge is 0.492 e. The second-order valence-electron chi connectivity index (χ2n) is 3.98. The molecule has 2 rings (SSSR count). The number of nitrogens with zero attached hydrogens (tertiary/aromatic N) is 1. The van der Waals surface area contributed by atoms with E-state index in [1.165, 1.54) is 6.92 Å². The van der Waals surface area contributed by atoms with Gasteiger partial charge in [-0.25, -0.2) is 4.98 Å².